The lowest BCUT2D eigenvalue weighted by Crippen LogP contribution is -2.04. The quantitative estimate of drug-likeness (QED) is 0.305. The van der Waals surface area contributed by atoms with E-state index in [1.165, 1.54) is 0 Å². The van der Waals surface area contributed by atoms with Crippen molar-refractivity contribution in [2.24, 2.45) is 0 Å². The lowest BCUT2D eigenvalue weighted by atomic mass is 10.0. The Morgan fingerprint density at radius 1 is 0.656 bits per heavy atom. The van der Waals surface area contributed by atoms with E-state index < -0.39 is 7.82 Å². The normalized spacial score (nSPS) is 11.9. The van der Waals surface area contributed by atoms with Crippen LogP contribution < -0.4 is 0 Å². The summed E-state index contributed by atoms with van der Waals surface area (Å²) < 4.78 is 17.9. The fourth-order valence-corrected chi connectivity index (χ4v) is 4.54. The maximum Gasteiger partial charge on any atom is 0.469 e. The molecule has 0 aliphatic carbocycles. The van der Waals surface area contributed by atoms with Gasteiger partial charge in [-0.05, 0) is 46.5 Å². The molecule has 32 heavy (non-hydrogen) atoms. The van der Waals surface area contributed by atoms with E-state index in [0.717, 1.165) is 44.1 Å². The molecule has 4 aromatic carbocycles. The van der Waals surface area contributed by atoms with E-state index in [1.54, 1.807) is 0 Å². The molecule has 6 heteroatoms. The van der Waals surface area contributed by atoms with E-state index >= 15 is 0 Å². The van der Waals surface area contributed by atoms with E-state index in [-0.39, 0.29) is 6.61 Å². The third-order valence-corrected chi connectivity index (χ3v) is 6.17. The molecule has 160 valence electrons. The Bertz CT molecular complexity index is 1340. The highest BCUT2D eigenvalue weighted by atomic mass is 31.2. The van der Waals surface area contributed by atoms with Gasteiger partial charge in [-0.3, -0.25) is 4.52 Å². The monoisotopic (exact) mass is 443 g/mol. The van der Waals surface area contributed by atoms with E-state index in [9.17, 15) is 4.57 Å². The number of aromatic nitrogens is 1. The van der Waals surface area contributed by atoms with E-state index in [0.29, 0.717) is 6.54 Å². The molecule has 1 heterocycles. The molecule has 0 bridgehead atoms. The first-order valence-electron chi connectivity index (χ1n) is 10.4. The molecular formula is C26H22NO4P. The second-order valence-corrected chi connectivity index (χ2v) is 8.91. The zero-order valence-electron chi connectivity index (χ0n) is 17.3. The molecule has 5 nitrogen and oxygen atoms in total. The molecule has 0 radical (unpaired) electrons. The number of hydrogen-bond donors (Lipinski definition) is 2. The number of phosphoric ester groups is 1. The second kappa shape index (κ2) is 8.38. The first-order chi connectivity index (χ1) is 15.5. The molecule has 0 saturated heterocycles. The average molecular weight is 443 g/mol. The summed E-state index contributed by atoms with van der Waals surface area (Å²) >= 11 is 0. The van der Waals surface area contributed by atoms with Crippen LogP contribution in [0.3, 0.4) is 0 Å². The van der Waals surface area contributed by atoms with Gasteiger partial charge in [0.15, 0.2) is 0 Å². The third kappa shape index (κ3) is 4.12. The van der Waals surface area contributed by atoms with Crippen LogP contribution in [-0.4, -0.2) is 21.0 Å². The fraction of sp³-hybridized carbons (Fsp3) is 0.0769. The van der Waals surface area contributed by atoms with Crippen LogP contribution in [0.2, 0.25) is 0 Å². The zero-order valence-corrected chi connectivity index (χ0v) is 18.2. The van der Waals surface area contributed by atoms with Crippen LogP contribution in [0, 0.1) is 0 Å². The minimum atomic E-state index is -4.51. The van der Waals surface area contributed by atoms with Crippen LogP contribution in [0.5, 0.6) is 0 Å². The molecular weight excluding hydrogens is 421 g/mol. The number of phosphoric acid groups is 1. The summed E-state index contributed by atoms with van der Waals surface area (Å²) in [6.07, 6.45) is 0. The van der Waals surface area contributed by atoms with Crippen LogP contribution in [0.4, 0.5) is 0 Å². The molecule has 0 spiro atoms. The lowest BCUT2D eigenvalue weighted by Gasteiger charge is -2.10. The smallest absolute Gasteiger partial charge is 0.338 e. The van der Waals surface area contributed by atoms with Gasteiger partial charge in [-0.1, -0.05) is 72.8 Å². The first kappa shape index (κ1) is 20.7. The van der Waals surface area contributed by atoms with Gasteiger partial charge in [0.05, 0.1) is 6.61 Å². The van der Waals surface area contributed by atoms with Gasteiger partial charge in [0.2, 0.25) is 0 Å². The van der Waals surface area contributed by atoms with Crippen LogP contribution in [0.15, 0.2) is 97.1 Å². The zero-order chi connectivity index (χ0) is 22.1. The van der Waals surface area contributed by atoms with Crippen molar-refractivity contribution >= 4 is 29.6 Å². The SMILES string of the molecule is O=P(O)(O)OCCn1c2ccc(-c3ccccc3)cc2c2cc(-c3ccccc3)ccc21. The summed E-state index contributed by atoms with van der Waals surface area (Å²) in [4.78, 5) is 18.2. The number of hydrogen-bond acceptors (Lipinski definition) is 2. The summed E-state index contributed by atoms with van der Waals surface area (Å²) in [5.41, 5.74) is 6.51. The molecule has 0 aliphatic heterocycles. The first-order valence-corrected chi connectivity index (χ1v) is 11.9. The number of nitrogens with zero attached hydrogens (tertiary/aromatic N) is 1. The Balaban J connectivity index is 1.68. The molecule has 0 aliphatic rings. The number of benzene rings is 4. The van der Waals surface area contributed by atoms with E-state index in [1.807, 2.05) is 36.4 Å². The average Bonchev–Trinajstić information content (AvgIpc) is 3.12. The molecule has 0 atom stereocenters. The van der Waals surface area contributed by atoms with Crippen molar-refractivity contribution < 1.29 is 18.9 Å². The predicted octanol–water partition coefficient (Wildman–Crippen LogP) is 6.24. The molecule has 2 N–H and O–H groups in total. The Morgan fingerprint density at radius 3 is 1.56 bits per heavy atom. The molecule has 0 unspecified atom stereocenters. The summed E-state index contributed by atoms with van der Waals surface area (Å²) in [7, 11) is -4.51. The van der Waals surface area contributed by atoms with Crippen LogP contribution in [0.1, 0.15) is 0 Å². The Labute approximate surface area is 185 Å². The third-order valence-electron chi connectivity index (χ3n) is 5.65. The highest BCUT2D eigenvalue weighted by Crippen LogP contribution is 2.37. The van der Waals surface area contributed by atoms with E-state index in [4.69, 9.17) is 14.3 Å². The van der Waals surface area contributed by atoms with Crippen molar-refractivity contribution in [2.45, 2.75) is 6.54 Å². The largest absolute Gasteiger partial charge is 0.469 e. The highest BCUT2D eigenvalue weighted by molar-refractivity contribution is 7.46. The highest BCUT2D eigenvalue weighted by Gasteiger charge is 2.16. The number of fused-ring (bicyclic) bond motifs is 3. The Morgan fingerprint density at radius 2 is 1.12 bits per heavy atom. The maximum absolute atomic E-state index is 11.2. The minimum absolute atomic E-state index is 0.0793. The van der Waals surface area contributed by atoms with Crippen LogP contribution in [-0.2, 0) is 15.6 Å². The topological polar surface area (TPSA) is 71.7 Å². The summed E-state index contributed by atoms with van der Waals surface area (Å²) in [5, 5.41) is 2.19. The van der Waals surface area contributed by atoms with Gasteiger partial charge in [-0.25, -0.2) is 4.57 Å². The molecule has 0 amide bonds. The molecule has 1 aromatic heterocycles. The minimum Gasteiger partial charge on any atom is -0.338 e. The van der Waals surface area contributed by atoms with Crippen molar-refractivity contribution in [3.05, 3.63) is 97.1 Å². The predicted molar refractivity (Wildman–Crippen MR) is 128 cm³/mol. The molecule has 0 fully saturated rings. The fourth-order valence-electron chi connectivity index (χ4n) is 4.22. The Kier molecular flexibility index (Phi) is 5.41. The van der Waals surface area contributed by atoms with Gasteiger partial charge in [-0.15, -0.1) is 0 Å². The van der Waals surface area contributed by atoms with Gasteiger partial charge in [0, 0.05) is 28.4 Å². The number of rotatable bonds is 6. The van der Waals surface area contributed by atoms with Crippen molar-refractivity contribution in [3.8, 4) is 22.3 Å². The van der Waals surface area contributed by atoms with Crippen LogP contribution in [0.25, 0.3) is 44.1 Å². The standard InChI is InChI=1S/C26H22NO4P/c28-32(29,30)31-16-15-27-25-13-11-21(19-7-3-1-4-8-19)17-23(25)24-18-22(12-14-26(24)27)20-9-5-2-6-10-20/h1-14,17-18H,15-16H2,(H2,28,29,30). The van der Waals surface area contributed by atoms with Gasteiger partial charge in [0.25, 0.3) is 0 Å². The second-order valence-electron chi connectivity index (χ2n) is 7.67. The summed E-state index contributed by atoms with van der Waals surface area (Å²) in [6, 6.07) is 33.1. The van der Waals surface area contributed by atoms with Crippen LogP contribution >= 0.6 is 7.82 Å². The van der Waals surface area contributed by atoms with Crippen molar-refractivity contribution in [2.75, 3.05) is 6.61 Å². The summed E-state index contributed by atoms with van der Waals surface area (Å²) in [5.74, 6) is 0. The van der Waals surface area contributed by atoms with Crippen molar-refractivity contribution in [1.82, 2.24) is 4.57 Å². The van der Waals surface area contributed by atoms with Crippen molar-refractivity contribution in [3.63, 3.8) is 0 Å². The van der Waals surface area contributed by atoms with Gasteiger partial charge in [-0.2, -0.15) is 0 Å². The summed E-state index contributed by atoms with van der Waals surface area (Å²) in [6.45, 7) is 0.254. The maximum atomic E-state index is 11.2. The van der Waals surface area contributed by atoms with Crippen molar-refractivity contribution in [1.29, 1.82) is 0 Å². The van der Waals surface area contributed by atoms with Gasteiger partial charge < -0.3 is 14.4 Å². The van der Waals surface area contributed by atoms with E-state index in [2.05, 4.69) is 65.2 Å². The lowest BCUT2D eigenvalue weighted by molar-refractivity contribution is 0.192. The molecule has 5 aromatic rings. The molecule has 5 rings (SSSR count). The molecule has 0 saturated carbocycles. The Hall–Kier alpha value is -3.21. The van der Waals surface area contributed by atoms with Gasteiger partial charge in [0.1, 0.15) is 0 Å². The van der Waals surface area contributed by atoms with Gasteiger partial charge >= 0.3 is 7.82 Å².